The zero-order valence-corrected chi connectivity index (χ0v) is 18.3. The van der Waals surface area contributed by atoms with Crippen molar-refractivity contribution in [2.45, 2.75) is 63.2 Å². The van der Waals surface area contributed by atoms with E-state index in [1.807, 2.05) is 12.1 Å². The monoisotopic (exact) mass is 449 g/mol. The Kier molecular flexibility index (Phi) is 4.64. The first kappa shape index (κ1) is 19.9. The van der Waals surface area contributed by atoms with Crippen LogP contribution >= 0.6 is 15.9 Å². The summed E-state index contributed by atoms with van der Waals surface area (Å²) < 4.78 is 6.51. The van der Waals surface area contributed by atoms with E-state index in [2.05, 4.69) is 22.0 Å². The van der Waals surface area contributed by atoms with Gasteiger partial charge in [0.15, 0.2) is 11.5 Å². The number of halogens is 1. The third-order valence-corrected chi connectivity index (χ3v) is 7.13. The fraction of sp³-hybridized carbons (Fsp3) is 0.619. The molecule has 1 heterocycles. The van der Waals surface area contributed by atoms with Crippen molar-refractivity contribution in [3.63, 3.8) is 0 Å². The second-order valence-corrected chi connectivity index (χ2v) is 9.99. The molecule has 6 nitrogen and oxygen atoms in total. The minimum absolute atomic E-state index is 0.111. The van der Waals surface area contributed by atoms with E-state index in [0.29, 0.717) is 0 Å². The summed E-state index contributed by atoms with van der Waals surface area (Å²) in [5.74, 6) is 0.0908. The lowest BCUT2D eigenvalue weighted by atomic mass is 9.61. The molecule has 1 aromatic carbocycles. The van der Waals surface area contributed by atoms with Crippen LogP contribution in [0.2, 0.25) is 0 Å². The molecular weight excluding hydrogens is 422 g/mol. The molecule has 1 saturated carbocycles. The summed E-state index contributed by atoms with van der Waals surface area (Å²) in [5, 5.41) is 10.3. The highest BCUT2D eigenvalue weighted by Gasteiger charge is 2.66. The molecule has 1 aromatic rings. The Bertz CT molecular complexity index is 840. The summed E-state index contributed by atoms with van der Waals surface area (Å²) >= 11 is 3.56. The number of nitrogens with zero attached hydrogens (tertiary/aromatic N) is 2. The highest BCUT2D eigenvalue weighted by molar-refractivity contribution is 9.10. The summed E-state index contributed by atoms with van der Waals surface area (Å²) in [7, 11) is 1.75. The van der Waals surface area contributed by atoms with Crippen LogP contribution in [0, 0.1) is 5.41 Å². The van der Waals surface area contributed by atoms with Gasteiger partial charge in [0.1, 0.15) is 0 Å². The molecule has 1 unspecified atom stereocenters. The van der Waals surface area contributed by atoms with Crippen LogP contribution in [0.15, 0.2) is 27.7 Å². The van der Waals surface area contributed by atoms with Crippen LogP contribution in [0.3, 0.4) is 0 Å². The molecule has 0 saturated heterocycles. The Hall–Kier alpha value is -1.44. The van der Waals surface area contributed by atoms with Gasteiger partial charge in [0.25, 0.3) is 5.91 Å². The summed E-state index contributed by atoms with van der Waals surface area (Å²) in [6.07, 6.45) is 4.56. The number of benzene rings is 1. The number of aliphatic hydroxyl groups is 1. The minimum atomic E-state index is -1.05. The summed E-state index contributed by atoms with van der Waals surface area (Å²) in [6, 6.07) is 6.14. The maximum Gasteiger partial charge on any atom is 0.262 e. The van der Waals surface area contributed by atoms with Gasteiger partial charge in [-0.3, -0.25) is 9.69 Å². The molecular formula is C21H28BrN3O3. The van der Waals surface area contributed by atoms with E-state index in [1.165, 1.54) is 4.90 Å². The molecule has 1 atom stereocenters. The van der Waals surface area contributed by atoms with E-state index in [-0.39, 0.29) is 29.9 Å². The average Bonchev–Trinajstić information content (AvgIpc) is 3.03. The van der Waals surface area contributed by atoms with Gasteiger partial charge in [-0.25, -0.2) is 4.99 Å². The molecule has 1 aliphatic heterocycles. The lowest BCUT2D eigenvalue weighted by molar-refractivity contribution is -0.140. The van der Waals surface area contributed by atoms with Gasteiger partial charge in [0, 0.05) is 17.0 Å². The van der Waals surface area contributed by atoms with Crippen LogP contribution in [0.1, 0.15) is 50.7 Å². The first-order valence-corrected chi connectivity index (χ1v) is 10.6. The number of carbonyl (C=O) groups is 1. The molecule has 2 spiro atoms. The SMILES string of the molecule is COC1CCC2(CC1)Cc1ccc(Br)cc1C21N=C(N)N(CC(C)(C)O)C1=O. The van der Waals surface area contributed by atoms with Crippen LogP contribution in [0.5, 0.6) is 0 Å². The Morgan fingerprint density at radius 3 is 2.68 bits per heavy atom. The molecule has 28 heavy (non-hydrogen) atoms. The standard InChI is InChI=1S/C21H28BrN3O3/c1-19(2,27)12-25-17(26)21(24-18(25)23)16-10-14(22)5-4-13(16)11-20(21)8-6-15(28-3)7-9-20/h4-5,10,15,27H,6-9,11-12H2,1-3H3,(H2,23,24). The fourth-order valence-electron chi connectivity index (χ4n) is 5.38. The molecule has 0 radical (unpaired) electrons. The van der Waals surface area contributed by atoms with Crippen LogP contribution in [0.25, 0.3) is 0 Å². The number of aliphatic imine (C=N–C) groups is 1. The van der Waals surface area contributed by atoms with E-state index in [9.17, 15) is 9.90 Å². The second-order valence-electron chi connectivity index (χ2n) is 9.08. The van der Waals surface area contributed by atoms with Crippen molar-refractivity contribution in [1.82, 2.24) is 4.90 Å². The predicted molar refractivity (Wildman–Crippen MR) is 111 cm³/mol. The van der Waals surface area contributed by atoms with E-state index in [1.54, 1.807) is 21.0 Å². The van der Waals surface area contributed by atoms with E-state index < -0.39 is 11.1 Å². The normalized spacial score (nSPS) is 32.3. The Morgan fingerprint density at radius 2 is 2.07 bits per heavy atom. The molecule has 1 fully saturated rings. The van der Waals surface area contributed by atoms with Crippen molar-refractivity contribution < 1.29 is 14.6 Å². The maximum absolute atomic E-state index is 13.9. The largest absolute Gasteiger partial charge is 0.389 e. The van der Waals surface area contributed by atoms with Crippen molar-refractivity contribution >= 4 is 27.8 Å². The van der Waals surface area contributed by atoms with E-state index in [4.69, 9.17) is 15.5 Å². The number of carbonyl (C=O) groups excluding carboxylic acids is 1. The molecule has 3 aliphatic rings. The highest BCUT2D eigenvalue weighted by Crippen LogP contribution is 2.62. The third kappa shape index (κ3) is 2.82. The number of ether oxygens (including phenoxy) is 1. The van der Waals surface area contributed by atoms with Crippen LogP contribution in [-0.4, -0.2) is 47.2 Å². The summed E-state index contributed by atoms with van der Waals surface area (Å²) in [5.41, 5.74) is 6.01. The zero-order chi connectivity index (χ0) is 20.3. The number of hydrogen-bond donors (Lipinski definition) is 2. The highest BCUT2D eigenvalue weighted by atomic mass is 79.9. The van der Waals surface area contributed by atoms with Gasteiger partial charge >= 0.3 is 0 Å². The van der Waals surface area contributed by atoms with Gasteiger partial charge in [-0.05, 0) is 69.2 Å². The second kappa shape index (κ2) is 6.54. The molecule has 3 N–H and O–H groups in total. The number of rotatable bonds is 3. The van der Waals surface area contributed by atoms with Gasteiger partial charge in [-0.1, -0.05) is 22.0 Å². The lowest BCUT2D eigenvalue weighted by Crippen LogP contribution is -2.54. The lowest BCUT2D eigenvalue weighted by Gasteiger charge is -2.45. The van der Waals surface area contributed by atoms with Gasteiger partial charge in [-0.15, -0.1) is 0 Å². The first-order valence-electron chi connectivity index (χ1n) is 9.83. The molecule has 2 aliphatic carbocycles. The molecule has 0 bridgehead atoms. The van der Waals surface area contributed by atoms with E-state index in [0.717, 1.165) is 47.7 Å². The average molecular weight is 450 g/mol. The number of guanidine groups is 1. The Balaban J connectivity index is 1.84. The van der Waals surface area contributed by atoms with Crippen molar-refractivity contribution in [1.29, 1.82) is 0 Å². The van der Waals surface area contributed by atoms with Gasteiger partial charge in [0.05, 0.1) is 18.2 Å². The number of nitrogens with two attached hydrogens (primary N) is 1. The van der Waals surface area contributed by atoms with E-state index >= 15 is 0 Å². The first-order chi connectivity index (χ1) is 13.1. The number of hydrogen-bond acceptors (Lipinski definition) is 5. The zero-order valence-electron chi connectivity index (χ0n) is 16.7. The third-order valence-electron chi connectivity index (χ3n) is 6.64. The predicted octanol–water partition coefficient (Wildman–Crippen LogP) is 2.70. The van der Waals surface area contributed by atoms with Crippen LogP contribution in [-0.2, 0) is 21.5 Å². The number of β-amino-alcohol motifs (C(OH)–C–C–N with tert-alkyl or cyclic N) is 1. The summed E-state index contributed by atoms with van der Waals surface area (Å²) in [6.45, 7) is 3.48. The van der Waals surface area contributed by atoms with Crippen molar-refractivity contribution in [2.75, 3.05) is 13.7 Å². The number of methoxy groups -OCH3 is 1. The topological polar surface area (TPSA) is 88.2 Å². The minimum Gasteiger partial charge on any atom is -0.389 e. The molecule has 4 rings (SSSR count). The van der Waals surface area contributed by atoms with Gasteiger partial charge in [0.2, 0.25) is 0 Å². The summed E-state index contributed by atoms with van der Waals surface area (Å²) in [4.78, 5) is 20.2. The molecule has 152 valence electrons. The van der Waals surface area contributed by atoms with Crippen molar-refractivity contribution in [3.8, 4) is 0 Å². The van der Waals surface area contributed by atoms with Gasteiger partial charge < -0.3 is 15.6 Å². The van der Waals surface area contributed by atoms with Crippen LogP contribution in [0.4, 0.5) is 0 Å². The van der Waals surface area contributed by atoms with Crippen molar-refractivity contribution in [2.24, 2.45) is 16.1 Å². The molecule has 1 amide bonds. The Labute approximate surface area is 174 Å². The molecule has 7 heteroatoms. The number of fused-ring (bicyclic) bond motifs is 3. The van der Waals surface area contributed by atoms with Gasteiger partial charge in [-0.2, -0.15) is 0 Å². The fourth-order valence-corrected chi connectivity index (χ4v) is 5.74. The smallest absolute Gasteiger partial charge is 0.262 e. The quantitative estimate of drug-likeness (QED) is 0.742. The Morgan fingerprint density at radius 1 is 1.39 bits per heavy atom. The molecule has 0 aromatic heterocycles. The number of amides is 1. The maximum atomic E-state index is 13.9. The van der Waals surface area contributed by atoms with Crippen molar-refractivity contribution in [3.05, 3.63) is 33.8 Å². The van der Waals surface area contributed by atoms with Crippen LogP contribution < -0.4 is 5.73 Å².